The Kier molecular flexibility index (Phi) is 5.31. The standard InChI is InChI=1S/C12H22N2O3S/c1-9(7-18-3)13-11(17)14-6-4-5-12(2,8-14)10(15)16/h9H,4-8H2,1-3H3,(H,13,17)(H,15,16). The Bertz CT molecular complexity index is 324. The third kappa shape index (κ3) is 3.80. The van der Waals surface area contributed by atoms with Crippen LogP contribution in [0.5, 0.6) is 0 Å². The number of rotatable bonds is 4. The highest BCUT2D eigenvalue weighted by Crippen LogP contribution is 2.29. The van der Waals surface area contributed by atoms with Gasteiger partial charge >= 0.3 is 12.0 Å². The molecule has 18 heavy (non-hydrogen) atoms. The molecule has 2 amide bonds. The molecule has 5 nitrogen and oxygen atoms in total. The minimum absolute atomic E-state index is 0.102. The van der Waals surface area contributed by atoms with Crippen LogP contribution in [0.3, 0.4) is 0 Å². The first-order chi connectivity index (χ1) is 8.39. The highest BCUT2D eigenvalue weighted by molar-refractivity contribution is 7.98. The number of urea groups is 1. The summed E-state index contributed by atoms with van der Waals surface area (Å²) in [6.07, 6.45) is 3.37. The van der Waals surface area contributed by atoms with E-state index in [0.717, 1.165) is 12.2 Å². The summed E-state index contributed by atoms with van der Waals surface area (Å²) in [7, 11) is 0. The van der Waals surface area contributed by atoms with Crippen LogP contribution >= 0.6 is 11.8 Å². The van der Waals surface area contributed by atoms with Crippen molar-refractivity contribution < 1.29 is 14.7 Å². The molecule has 2 atom stereocenters. The smallest absolute Gasteiger partial charge is 0.317 e. The van der Waals surface area contributed by atoms with E-state index in [1.807, 2.05) is 13.2 Å². The maximum Gasteiger partial charge on any atom is 0.317 e. The molecule has 1 aliphatic heterocycles. The lowest BCUT2D eigenvalue weighted by atomic mass is 9.82. The molecule has 1 aliphatic rings. The topological polar surface area (TPSA) is 69.6 Å². The maximum atomic E-state index is 12.0. The zero-order chi connectivity index (χ0) is 13.8. The van der Waals surface area contributed by atoms with Gasteiger partial charge in [-0.3, -0.25) is 4.79 Å². The molecule has 0 aromatic rings. The Hall–Kier alpha value is -0.910. The second kappa shape index (κ2) is 6.31. The van der Waals surface area contributed by atoms with Crippen LogP contribution in [0.2, 0.25) is 0 Å². The van der Waals surface area contributed by atoms with E-state index in [9.17, 15) is 14.7 Å². The fourth-order valence-electron chi connectivity index (χ4n) is 2.18. The van der Waals surface area contributed by atoms with E-state index in [2.05, 4.69) is 5.32 Å². The molecular weight excluding hydrogens is 252 g/mol. The molecule has 0 bridgehead atoms. The quantitative estimate of drug-likeness (QED) is 0.817. The number of piperidine rings is 1. The summed E-state index contributed by atoms with van der Waals surface area (Å²) in [5, 5.41) is 12.1. The normalized spacial score (nSPS) is 25.6. The average Bonchev–Trinajstić information content (AvgIpc) is 2.29. The van der Waals surface area contributed by atoms with Gasteiger partial charge in [-0.1, -0.05) is 0 Å². The van der Waals surface area contributed by atoms with Crippen molar-refractivity contribution in [1.29, 1.82) is 0 Å². The number of nitrogens with zero attached hydrogens (tertiary/aromatic N) is 1. The van der Waals surface area contributed by atoms with E-state index in [-0.39, 0.29) is 12.1 Å². The summed E-state index contributed by atoms with van der Waals surface area (Å²) in [6, 6.07) is -0.0470. The van der Waals surface area contributed by atoms with Gasteiger partial charge in [0.25, 0.3) is 0 Å². The minimum Gasteiger partial charge on any atom is -0.481 e. The molecular formula is C12H22N2O3S. The van der Waals surface area contributed by atoms with Crippen molar-refractivity contribution in [3.8, 4) is 0 Å². The number of carbonyl (C=O) groups excluding carboxylic acids is 1. The van der Waals surface area contributed by atoms with Crippen molar-refractivity contribution in [3.63, 3.8) is 0 Å². The number of carboxylic acid groups (broad SMARTS) is 1. The number of thioether (sulfide) groups is 1. The second-order valence-corrected chi connectivity index (χ2v) is 6.11. The molecule has 0 aromatic carbocycles. The van der Waals surface area contributed by atoms with Crippen LogP contribution in [0.1, 0.15) is 26.7 Å². The van der Waals surface area contributed by atoms with E-state index in [0.29, 0.717) is 19.5 Å². The SMILES string of the molecule is CSCC(C)NC(=O)N1CCCC(C)(C(=O)O)C1. The van der Waals surface area contributed by atoms with Gasteiger partial charge in [-0.2, -0.15) is 11.8 Å². The first-order valence-corrected chi connectivity index (χ1v) is 7.56. The molecule has 6 heteroatoms. The van der Waals surface area contributed by atoms with Crippen LogP contribution < -0.4 is 5.32 Å². The first-order valence-electron chi connectivity index (χ1n) is 6.17. The van der Waals surface area contributed by atoms with Gasteiger partial charge in [-0.05, 0) is 32.9 Å². The Morgan fingerprint density at radius 3 is 2.78 bits per heavy atom. The molecule has 0 radical (unpaired) electrons. The van der Waals surface area contributed by atoms with Crippen LogP contribution in [0.4, 0.5) is 4.79 Å². The molecule has 1 saturated heterocycles. The van der Waals surface area contributed by atoms with Gasteiger partial charge in [-0.25, -0.2) is 4.79 Å². The van der Waals surface area contributed by atoms with E-state index >= 15 is 0 Å². The van der Waals surface area contributed by atoms with Crippen LogP contribution in [0.15, 0.2) is 0 Å². The van der Waals surface area contributed by atoms with Crippen LogP contribution in [0, 0.1) is 5.41 Å². The van der Waals surface area contributed by atoms with Crippen molar-refractivity contribution in [2.75, 3.05) is 25.1 Å². The van der Waals surface area contributed by atoms with Crippen LogP contribution in [-0.2, 0) is 4.79 Å². The van der Waals surface area contributed by atoms with Gasteiger partial charge in [0.15, 0.2) is 0 Å². The van der Waals surface area contributed by atoms with Gasteiger partial charge in [0.2, 0.25) is 0 Å². The van der Waals surface area contributed by atoms with Crippen LogP contribution in [-0.4, -0.2) is 53.1 Å². The van der Waals surface area contributed by atoms with Crippen molar-refractivity contribution in [2.24, 2.45) is 5.41 Å². The number of hydrogen-bond acceptors (Lipinski definition) is 3. The van der Waals surface area contributed by atoms with E-state index < -0.39 is 11.4 Å². The third-order valence-electron chi connectivity index (χ3n) is 3.29. The average molecular weight is 274 g/mol. The monoisotopic (exact) mass is 274 g/mol. The molecule has 0 spiro atoms. The van der Waals surface area contributed by atoms with E-state index in [1.54, 1.807) is 23.6 Å². The van der Waals surface area contributed by atoms with Gasteiger partial charge in [0.05, 0.1) is 5.41 Å². The number of nitrogens with one attached hydrogen (secondary N) is 1. The molecule has 0 aliphatic carbocycles. The first kappa shape index (κ1) is 15.1. The summed E-state index contributed by atoms with van der Waals surface area (Å²) in [5.74, 6) is 0.0349. The summed E-state index contributed by atoms with van der Waals surface area (Å²) in [6.45, 7) is 4.59. The number of carboxylic acids is 1. The van der Waals surface area contributed by atoms with Crippen molar-refractivity contribution in [3.05, 3.63) is 0 Å². The minimum atomic E-state index is -0.822. The fraction of sp³-hybridized carbons (Fsp3) is 0.833. The molecule has 2 N–H and O–H groups in total. The van der Waals surface area contributed by atoms with E-state index in [1.165, 1.54) is 0 Å². The Balaban J connectivity index is 2.56. The third-order valence-corrected chi connectivity index (χ3v) is 4.12. The van der Waals surface area contributed by atoms with Crippen LogP contribution in [0.25, 0.3) is 0 Å². The van der Waals surface area contributed by atoms with Crippen molar-refractivity contribution in [1.82, 2.24) is 10.2 Å². The molecule has 104 valence electrons. The predicted octanol–water partition coefficient (Wildman–Crippen LogP) is 1.63. The number of aliphatic carboxylic acids is 1. The predicted molar refractivity (Wildman–Crippen MR) is 72.9 cm³/mol. The molecule has 1 heterocycles. The van der Waals surface area contributed by atoms with Crippen molar-refractivity contribution >= 4 is 23.8 Å². The molecule has 2 unspecified atom stereocenters. The lowest BCUT2D eigenvalue weighted by Gasteiger charge is -2.37. The largest absolute Gasteiger partial charge is 0.481 e. The Labute approximate surface area is 112 Å². The Morgan fingerprint density at radius 1 is 1.56 bits per heavy atom. The van der Waals surface area contributed by atoms with Gasteiger partial charge in [0.1, 0.15) is 0 Å². The lowest BCUT2D eigenvalue weighted by Crippen LogP contribution is -2.53. The zero-order valence-electron chi connectivity index (χ0n) is 11.2. The molecule has 0 aromatic heterocycles. The highest BCUT2D eigenvalue weighted by Gasteiger charge is 2.39. The summed E-state index contributed by atoms with van der Waals surface area (Å²) >= 11 is 1.68. The second-order valence-electron chi connectivity index (χ2n) is 5.20. The zero-order valence-corrected chi connectivity index (χ0v) is 12.0. The lowest BCUT2D eigenvalue weighted by molar-refractivity contribution is -0.150. The van der Waals surface area contributed by atoms with Gasteiger partial charge < -0.3 is 15.3 Å². The number of likely N-dealkylation sites (tertiary alicyclic amines) is 1. The highest BCUT2D eigenvalue weighted by atomic mass is 32.2. The summed E-state index contributed by atoms with van der Waals surface area (Å²) in [5.41, 5.74) is -0.807. The number of carbonyl (C=O) groups is 2. The van der Waals surface area contributed by atoms with Crippen molar-refractivity contribution in [2.45, 2.75) is 32.7 Å². The number of amides is 2. The Morgan fingerprint density at radius 2 is 2.22 bits per heavy atom. The fourth-order valence-corrected chi connectivity index (χ4v) is 2.76. The van der Waals surface area contributed by atoms with Gasteiger partial charge in [-0.15, -0.1) is 0 Å². The van der Waals surface area contributed by atoms with E-state index in [4.69, 9.17) is 0 Å². The molecule has 0 saturated carbocycles. The molecule has 1 rings (SSSR count). The summed E-state index contributed by atoms with van der Waals surface area (Å²) < 4.78 is 0. The molecule has 1 fully saturated rings. The van der Waals surface area contributed by atoms with Gasteiger partial charge in [0, 0.05) is 24.9 Å². The summed E-state index contributed by atoms with van der Waals surface area (Å²) in [4.78, 5) is 24.8. The maximum absolute atomic E-state index is 12.0. The number of hydrogen-bond donors (Lipinski definition) is 2.